The van der Waals surface area contributed by atoms with Crippen LogP contribution in [-0.2, 0) is 21.2 Å². The number of benzene rings is 2. The summed E-state index contributed by atoms with van der Waals surface area (Å²) in [6.07, 6.45) is 1.70. The van der Waals surface area contributed by atoms with Gasteiger partial charge in [0.25, 0.3) is 10.0 Å². The zero-order chi connectivity index (χ0) is 16.4. The number of amides is 1. The lowest BCUT2D eigenvalue weighted by atomic mass is 10.1. The van der Waals surface area contributed by atoms with Crippen molar-refractivity contribution in [1.82, 2.24) is 0 Å². The van der Waals surface area contributed by atoms with Crippen LogP contribution < -0.4 is 10.0 Å². The monoisotopic (exact) mass is 348 g/mol. The molecule has 2 aromatic rings. The molecule has 7 heteroatoms. The van der Waals surface area contributed by atoms with Crippen LogP contribution in [0.2, 0.25) is 5.02 Å². The molecule has 2 N–H and O–H groups in total. The molecule has 1 amide bonds. The Labute approximate surface area is 139 Å². The molecule has 0 atom stereocenters. The number of carbonyl (C=O) groups is 1. The molecular formula is C16H13ClN2O3S. The van der Waals surface area contributed by atoms with Gasteiger partial charge in [0.1, 0.15) is 0 Å². The van der Waals surface area contributed by atoms with Crippen LogP contribution in [0.15, 0.2) is 47.9 Å². The molecule has 1 heterocycles. The highest BCUT2D eigenvalue weighted by Crippen LogP contribution is 2.33. The van der Waals surface area contributed by atoms with Crippen LogP contribution in [0.3, 0.4) is 0 Å². The summed E-state index contributed by atoms with van der Waals surface area (Å²) in [4.78, 5) is 11.4. The highest BCUT2D eigenvalue weighted by Gasteiger charge is 2.20. The van der Waals surface area contributed by atoms with Gasteiger partial charge in [0.05, 0.1) is 22.5 Å². The third-order valence-electron chi connectivity index (χ3n) is 3.31. The van der Waals surface area contributed by atoms with E-state index in [4.69, 9.17) is 11.6 Å². The van der Waals surface area contributed by atoms with Gasteiger partial charge in [-0.05, 0) is 29.3 Å². The van der Waals surface area contributed by atoms with E-state index in [1.54, 1.807) is 24.3 Å². The van der Waals surface area contributed by atoms with Crippen molar-refractivity contribution >= 4 is 45.0 Å². The van der Waals surface area contributed by atoms with E-state index in [0.717, 1.165) is 11.0 Å². The Morgan fingerprint density at radius 2 is 1.91 bits per heavy atom. The minimum Gasteiger partial charge on any atom is -0.325 e. The summed E-state index contributed by atoms with van der Waals surface area (Å²) in [7, 11) is -3.71. The lowest BCUT2D eigenvalue weighted by Gasteiger charge is -2.09. The van der Waals surface area contributed by atoms with E-state index in [-0.39, 0.29) is 23.0 Å². The first kappa shape index (κ1) is 15.6. The number of rotatable bonds is 4. The molecule has 0 unspecified atom stereocenters. The fourth-order valence-electron chi connectivity index (χ4n) is 2.25. The smallest absolute Gasteiger partial charge is 0.255 e. The first-order valence-electron chi connectivity index (χ1n) is 6.81. The molecule has 118 valence electrons. The maximum atomic E-state index is 12.2. The Balaban J connectivity index is 1.83. The Kier molecular flexibility index (Phi) is 4.11. The zero-order valence-electron chi connectivity index (χ0n) is 11.9. The summed E-state index contributed by atoms with van der Waals surface area (Å²) in [5.74, 6) is -0.139. The van der Waals surface area contributed by atoms with Crippen molar-refractivity contribution < 1.29 is 13.2 Å². The van der Waals surface area contributed by atoms with Gasteiger partial charge in [0, 0.05) is 5.69 Å². The normalized spacial score (nSPS) is 13.9. The van der Waals surface area contributed by atoms with E-state index in [1.165, 1.54) is 6.08 Å². The highest BCUT2D eigenvalue weighted by atomic mass is 35.5. The lowest BCUT2D eigenvalue weighted by molar-refractivity contribution is -0.115. The van der Waals surface area contributed by atoms with Gasteiger partial charge >= 0.3 is 0 Å². The Bertz CT molecular complexity index is 893. The van der Waals surface area contributed by atoms with Gasteiger partial charge in [0.2, 0.25) is 5.91 Å². The Hall–Kier alpha value is -2.31. The van der Waals surface area contributed by atoms with Gasteiger partial charge in [-0.2, -0.15) is 0 Å². The molecule has 1 aliphatic heterocycles. The van der Waals surface area contributed by atoms with Gasteiger partial charge in [-0.15, -0.1) is 0 Å². The number of halogens is 1. The largest absolute Gasteiger partial charge is 0.325 e. The van der Waals surface area contributed by atoms with Crippen molar-refractivity contribution in [2.75, 3.05) is 10.0 Å². The number of anilines is 2. The standard InChI is InChI=1S/C16H13ClN2O3S/c17-13-10-14-12(9-16(20)18-14)8-15(13)19-23(21,22)7-6-11-4-2-1-3-5-11/h1-8,10,19H,9H2,(H,18,20). The quantitative estimate of drug-likeness (QED) is 0.890. The summed E-state index contributed by atoms with van der Waals surface area (Å²) in [6.45, 7) is 0. The van der Waals surface area contributed by atoms with Gasteiger partial charge < -0.3 is 5.32 Å². The van der Waals surface area contributed by atoms with Gasteiger partial charge in [-0.25, -0.2) is 8.42 Å². The maximum Gasteiger partial charge on any atom is 0.255 e. The SMILES string of the molecule is O=C1Cc2cc(NS(=O)(=O)C=Cc3ccccc3)c(Cl)cc2N1. The van der Waals surface area contributed by atoms with Crippen LogP contribution in [0.1, 0.15) is 11.1 Å². The summed E-state index contributed by atoms with van der Waals surface area (Å²) in [5, 5.41) is 3.96. The second kappa shape index (κ2) is 6.06. The minimum atomic E-state index is -3.71. The molecule has 0 saturated heterocycles. The molecule has 1 aliphatic rings. The number of hydrogen-bond acceptors (Lipinski definition) is 3. The van der Waals surface area contributed by atoms with E-state index >= 15 is 0 Å². The maximum absolute atomic E-state index is 12.2. The predicted octanol–water partition coefficient (Wildman–Crippen LogP) is 3.25. The number of carbonyl (C=O) groups excluding carboxylic acids is 1. The van der Waals surface area contributed by atoms with Gasteiger partial charge in [-0.3, -0.25) is 9.52 Å². The molecule has 0 fully saturated rings. The highest BCUT2D eigenvalue weighted by molar-refractivity contribution is 7.95. The molecule has 0 aliphatic carbocycles. The van der Waals surface area contributed by atoms with Crippen LogP contribution in [-0.4, -0.2) is 14.3 Å². The van der Waals surface area contributed by atoms with E-state index in [0.29, 0.717) is 11.3 Å². The molecule has 0 aromatic heterocycles. The second-order valence-corrected chi connectivity index (χ2v) is 7.05. The zero-order valence-corrected chi connectivity index (χ0v) is 13.5. The van der Waals surface area contributed by atoms with Crippen molar-refractivity contribution in [2.24, 2.45) is 0 Å². The van der Waals surface area contributed by atoms with Crippen LogP contribution in [0.4, 0.5) is 11.4 Å². The van der Waals surface area contributed by atoms with Crippen LogP contribution >= 0.6 is 11.6 Å². The fraction of sp³-hybridized carbons (Fsp3) is 0.0625. The van der Waals surface area contributed by atoms with Crippen LogP contribution in [0, 0.1) is 0 Å². The fourth-order valence-corrected chi connectivity index (χ4v) is 3.39. The van der Waals surface area contributed by atoms with Crippen molar-refractivity contribution in [3.63, 3.8) is 0 Å². The van der Waals surface area contributed by atoms with Gasteiger partial charge in [-0.1, -0.05) is 41.9 Å². The number of hydrogen-bond donors (Lipinski definition) is 2. The lowest BCUT2D eigenvalue weighted by Crippen LogP contribution is -2.09. The van der Waals surface area contributed by atoms with Crippen molar-refractivity contribution in [2.45, 2.75) is 6.42 Å². The molecule has 2 aromatic carbocycles. The third kappa shape index (κ3) is 3.72. The first-order chi connectivity index (χ1) is 10.9. The van der Waals surface area contributed by atoms with Crippen LogP contribution in [0.5, 0.6) is 0 Å². The summed E-state index contributed by atoms with van der Waals surface area (Å²) in [5.41, 5.74) is 2.35. The predicted molar refractivity (Wildman–Crippen MR) is 91.8 cm³/mol. The van der Waals surface area contributed by atoms with Gasteiger partial charge in [0.15, 0.2) is 0 Å². The number of sulfonamides is 1. The topological polar surface area (TPSA) is 75.3 Å². The van der Waals surface area contributed by atoms with E-state index in [2.05, 4.69) is 10.0 Å². The van der Waals surface area contributed by atoms with Crippen LogP contribution in [0.25, 0.3) is 6.08 Å². The van der Waals surface area contributed by atoms with E-state index in [9.17, 15) is 13.2 Å². The van der Waals surface area contributed by atoms with Crippen molar-refractivity contribution in [1.29, 1.82) is 0 Å². The molecule has 0 radical (unpaired) electrons. The number of fused-ring (bicyclic) bond motifs is 1. The summed E-state index contributed by atoms with van der Waals surface area (Å²) in [6, 6.07) is 12.2. The average molecular weight is 349 g/mol. The minimum absolute atomic E-state index is 0.139. The van der Waals surface area contributed by atoms with Crippen molar-refractivity contribution in [3.8, 4) is 0 Å². The van der Waals surface area contributed by atoms with Crippen molar-refractivity contribution in [3.05, 3.63) is 64.0 Å². The Morgan fingerprint density at radius 3 is 2.65 bits per heavy atom. The molecule has 23 heavy (non-hydrogen) atoms. The average Bonchev–Trinajstić information content (AvgIpc) is 2.85. The second-order valence-electron chi connectivity index (χ2n) is 5.07. The first-order valence-corrected chi connectivity index (χ1v) is 8.74. The molecule has 0 spiro atoms. The third-order valence-corrected chi connectivity index (χ3v) is 4.62. The summed E-state index contributed by atoms with van der Waals surface area (Å²) >= 11 is 6.08. The molecular weight excluding hydrogens is 336 g/mol. The molecule has 0 saturated carbocycles. The molecule has 3 rings (SSSR count). The Morgan fingerprint density at radius 1 is 1.17 bits per heavy atom. The molecule has 5 nitrogen and oxygen atoms in total. The van der Waals surface area contributed by atoms with E-state index < -0.39 is 10.0 Å². The number of nitrogens with one attached hydrogen (secondary N) is 2. The summed E-state index contributed by atoms with van der Waals surface area (Å²) < 4.78 is 26.7. The molecule has 0 bridgehead atoms. The van der Waals surface area contributed by atoms with E-state index in [1.807, 2.05) is 18.2 Å².